The van der Waals surface area contributed by atoms with Crippen molar-refractivity contribution in [3.8, 4) is 0 Å². The van der Waals surface area contributed by atoms with E-state index < -0.39 is 0 Å². The van der Waals surface area contributed by atoms with E-state index in [-0.39, 0.29) is 0 Å². The number of imidazole rings is 1. The summed E-state index contributed by atoms with van der Waals surface area (Å²) in [6.45, 7) is 11.4. The Labute approximate surface area is 123 Å². The highest BCUT2D eigenvalue weighted by Crippen LogP contribution is 2.24. The predicted octanol–water partition coefficient (Wildman–Crippen LogP) is 1.58. The van der Waals surface area contributed by atoms with E-state index in [2.05, 4.69) is 32.6 Å². The van der Waals surface area contributed by atoms with Gasteiger partial charge in [0.2, 0.25) is 0 Å². The maximum absolute atomic E-state index is 5.40. The third kappa shape index (κ3) is 2.54. The molecule has 0 amide bonds. The first-order valence-electron chi connectivity index (χ1n) is 7.09. The molecule has 6 nitrogen and oxygen atoms in total. The van der Waals surface area contributed by atoms with E-state index in [9.17, 15) is 0 Å². The number of anilines is 1. The second kappa shape index (κ2) is 6.05. The molecule has 1 aliphatic heterocycles. The van der Waals surface area contributed by atoms with Gasteiger partial charge >= 0.3 is 0 Å². The van der Waals surface area contributed by atoms with Crippen molar-refractivity contribution in [3.63, 3.8) is 0 Å². The molecule has 0 spiro atoms. The van der Waals surface area contributed by atoms with Crippen molar-refractivity contribution in [1.29, 1.82) is 0 Å². The zero-order valence-electron chi connectivity index (χ0n) is 12.0. The van der Waals surface area contributed by atoms with Gasteiger partial charge in [-0.05, 0) is 0 Å². The fourth-order valence-corrected chi connectivity index (χ4v) is 2.58. The van der Waals surface area contributed by atoms with Gasteiger partial charge in [-0.15, -0.1) is 13.2 Å². The van der Waals surface area contributed by atoms with Gasteiger partial charge in [-0.25, -0.2) is 15.0 Å². The van der Waals surface area contributed by atoms with Crippen molar-refractivity contribution in [1.82, 2.24) is 19.5 Å². The fraction of sp³-hybridized carbons (Fsp3) is 0.400. The molecule has 0 radical (unpaired) electrons. The quantitative estimate of drug-likeness (QED) is 0.781. The van der Waals surface area contributed by atoms with E-state index in [4.69, 9.17) is 9.72 Å². The van der Waals surface area contributed by atoms with E-state index in [1.807, 2.05) is 12.2 Å². The first kappa shape index (κ1) is 13.8. The van der Waals surface area contributed by atoms with Crippen LogP contribution >= 0.6 is 0 Å². The highest BCUT2D eigenvalue weighted by atomic mass is 16.5. The van der Waals surface area contributed by atoms with E-state index in [1.54, 1.807) is 6.33 Å². The van der Waals surface area contributed by atoms with E-state index in [0.717, 1.165) is 49.1 Å². The Morgan fingerprint density at radius 1 is 1.19 bits per heavy atom. The van der Waals surface area contributed by atoms with Gasteiger partial charge < -0.3 is 14.2 Å². The summed E-state index contributed by atoms with van der Waals surface area (Å²) in [5.74, 6) is 1.83. The minimum Gasteiger partial charge on any atom is -0.378 e. The van der Waals surface area contributed by atoms with Crippen molar-refractivity contribution in [2.45, 2.75) is 13.0 Å². The smallest absolute Gasteiger partial charge is 0.165 e. The largest absolute Gasteiger partial charge is 0.378 e. The van der Waals surface area contributed by atoms with Crippen LogP contribution in [0.2, 0.25) is 0 Å². The molecule has 1 fully saturated rings. The Bertz CT molecular complexity index is 657. The number of morpholine rings is 1. The molecule has 0 saturated carbocycles. The Morgan fingerprint density at radius 2 is 2.00 bits per heavy atom. The molecule has 0 atom stereocenters. The zero-order valence-corrected chi connectivity index (χ0v) is 12.0. The van der Waals surface area contributed by atoms with Crippen LogP contribution in [0.3, 0.4) is 0 Å². The lowest BCUT2D eigenvalue weighted by atomic mass is 10.4. The van der Waals surface area contributed by atoms with Gasteiger partial charge in [0.25, 0.3) is 0 Å². The van der Waals surface area contributed by atoms with Crippen LogP contribution in [0.4, 0.5) is 5.82 Å². The SMILES string of the molecule is C=CCc1nc2c(N3CCOCC3)ncnc2n1CC=C. The number of hydrogen-bond donors (Lipinski definition) is 0. The summed E-state index contributed by atoms with van der Waals surface area (Å²) in [6.07, 6.45) is 6.01. The van der Waals surface area contributed by atoms with E-state index >= 15 is 0 Å². The standard InChI is InChI=1S/C15H19N5O/c1-3-5-12-18-13-14(19-7-9-21-10-8-19)16-11-17-15(13)20(12)6-4-2/h3-4,11H,1-2,5-10H2. The van der Waals surface area contributed by atoms with E-state index in [0.29, 0.717) is 13.0 Å². The molecule has 2 aromatic rings. The lowest BCUT2D eigenvalue weighted by Gasteiger charge is -2.27. The Balaban J connectivity index is 2.11. The minimum atomic E-state index is 0.680. The zero-order chi connectivity index (χ0) is 14.7. The topological polar surface area (TPSA) is 56.1 Å². The second-order valence-electron chi connectivity index (χ2n) is 4.89. The number of fused-ring (bicyclic) bond motifs is 1. The van der Waals surface area contributed by atoms with Crippen molar-refractivity contribution in [2.75, 3.05) is 31.2 Å². The van der Waals surface area contributed by atoms with Crippen molar-refractivity contribution >= 4 is 17.0 Å². The molecule has 3 heterocycles. The number of nitrogens with zero attached hydrogens (tertiary/aromatic N) is 5. The van der Waals surface area contributed by atoms with Crippen LogP contribution in [0.25, 0.3) is 11.2 Å². The first-order valence-corrected chi connectivity index (χ1v) is 7.09. The molecule has 2 aromatic heterocycles. The average molecular weight is 285 g/mol. The molecule has 0 N–H and O–H groups in total. The fourth-order valence-electron chi connectivity index (χ4n) is 2.58. The molecular weight excluding hydrogens is 266 g/mol. The molecule has 1 aliphatic rings. The van der Waals surface area contributed by atoms with Gasteiger partial charge in [-0.3, -0.25) is 0 Å². The van der Waals surface area contributed by atoms with Gasteiger partial charge in [0.15, 0.2) is 17.0 Å². The summed E-state index contributed by atoms with van der Waals surface area (Å²) in [5.41, 5.74) is 1.70. The predicted molar refractivity (Wildman–Crippen MR) is 82.5 cm³/mol. The molecule has 0 unspecified atom stereocenters. The Kier molecular flexibility index (Phi) is 3.96. The molecule has 0 aromatic carbocycles. The van der Waals surface area contributed by atoms with Crippen LogP contribution in [-0.4, -0.2) is 45.8 Å². The number of ether oxygens (including phenoxy) is 1. The summed E-state index contributed by atoms with van der Waals surface area (Å²) in [5, 5.41) is 0. The molecule has 0 bridgehead atoms. The summed E-state index contributed by atoms with van der Waals surface area (Å²) >= 11 is 0. The maximum atomic E-state index is 5.40. The Morgan fingerprint density at radius 3 is 2.71 bits per heavy atom. The third-order valence-electron chi connectivity index (χ3n) is 3.54. The van der Waals surface area contributed by atoms with Gasteiger partial charge in [-0.1, -0.05) is 12.2 Å². The number of aromatic nitrogens is 4. The van der Waals surface area contributed by atoms with Gasteiger partial charge in [0, 0.05) is 26.1 Å². The lowest BCUT2D eigenvalue weighted by molar-refractivity contribution is 0.122. The molecule has 3 rings (SSSR count). The van der Waals surface area contributed by atoms with Crippen LogP contribution in [0, 0.1) is 0 Å². The molecule has 1 saturated heterocycles. The normalized spacial score (nSPS) is 15.3. The maximum Gasteiger partial charge on any atom is 0.165 e. The minimum absolute atomic E-state index is 0.680. The van der Waals surface area contributed by atoms with Gasteiger partial charge in [0.05, 0.1) is 13.2 Å². The van der Waals surface area contributed by atoms with E-state index in [1.165, 1.54) is 0 Å². The summed E-state index contributed by atoms with van der Waals surface area (Å²) < 4.78 is 7.47. The highest BCUT2D eigenvalue weighted by Gasteiger charge is 2.20. The van der Waals surface area contributed by atoms with Crippen LogP contribution in [-0.2, 0) is 17.7 Å². The summed E-state index contributed by atoms with van der Waals surface area (Å²) in [6, 6.07) is 0. The summed E-state index contributed by atoms with van der Waals surface area (Å²) in [4.78, 5) is 15.8. The van der Waals surface area contributed by atoms with Crippen LogP contribution in [0.5, 0.6) is 0 Å². The number of rotatable bonds is 5. The molecule has 6 heteroatoms. The van der Waals surface area contributed by atoms with Crippen molar-refractivity contribution < 1.29 is 4.74 Å². The molecule has 110 valence electrons. The number of hydrogen-bond acceptors (Lipinski definition) is 5. The number of allylic oxidation sites excluding steroid dienone is 2. The Hall–Kier alpha value is -2.21. The monoisotopic (exact) mass is 285 g/mol. The highest BCUT2D eigenvalue weighted by molar-refractivity contribution is 5.84. The van der Waals surface area contributed by atoms with Crippen LogP contribution < -0.4 is 4.90 Å². The molecule has 0 aliphatic carbocycles. The summed E-state index contributed by atoms with van der Waals surface area (Å²) in [7, 11) is 0. The third-order valence-corrected chi connectivity index (χ3v) is 3.54. The second-order valence-corrected chi connectivity index (χ2v) is 4.89. The van der Waals surface area contributed by atoms with Gasteiger partial charge in [-0.2, -0.15) is 0 Å². The van der Waals surface area contributed by atoms with Gasteiger partial charge in [0.1, 0.15) is 12.2 Å². The van der Waals surface area contributed by atoms with Crippen LogP contribution in [0.15, 0.2) is 31.6 Å². The van der Waals surface area contributed by atoms with Crippen molar-refractivity contribution in [3.05, 3.63) is 37.5 Å². The lowest BCUT2D eigenvalue weighted by Crippen LogP contribution is -2.36. The van der Waals surface area contributed by atoms with Crippen LogP contribution in [0.1, 0.15) is 5.82 Å². The van der Waals surface area contributed by atoms with Crippen molar-refractivity contribution in [2.24, 2.45) is 0 Å². The molecular formula is C15H19N5O. The molecule has 21 heavy (non-hydrogen) atoms. The average Bonchev–Trinajstić information content (AvgIpc) is 2.87. The first-order chi connectivity index (χ1) is 10.3.